The molecule has 0 unspecified atom stereocenters. The summed E-state index contributed by atoms with van der Waals surface area (Å²) in [6.07, 6.45) is -0.649. The quantitative estimate of drug-likeness (QED) is 0.630. The zero-order chi connectivity index (χ0) is 12.1. The van der Waals surface area contributed by atoms with Crippen LogP contribution in [-0.4, -0.2) is 19.0 Å². The molecule has 6 heteroatoms. The fraction of sp³-hybridized carbons (Fsp3) is 0.200. The lowest BCUT2D eigenvalue weighted by molar-refractivity contribution is 0.101. The van der Waals surface area contributed by atoms with Crippen molar-refractivity contribution in [1.82, 2.24) is 5.43 Å². The number of anilines is 1. The van der Waals surface area contributed by atoms with E-state index in [9.17, 15) is 9.59 Å². The molecule has 0 saturated carbocycles. The molecule has 0 aliphatic carbocycles. The molecule has 1 amide bonds. The summed E-state index contributed by atoms with van der Waals surface area (Å²) in [4.78, 5) is 21.9. The van der Waals surface area contributed by atoms with Crippen LogP contribution >= 0.6 is 11.6 Å². The zero-order valence-corrected chi connectivity index (χ0v) is 9.59. The molecule has 0 aliphatic heterocycles. The van der Waals surface area contributed by atoms with E-state index in [0.717, 1.165) is 0 Å². The molecule has 16 heavy (non-hydrogen) atoms. The SMILES string of the molecule is COC(=O)NNc1cc(C(C)=O)ccc1Cl. The second-order valence-electron chi connectivity index (χ2n) is 2.99. The van der Waals surface area contributed by atoms with Crippen molar-refractivity contribution in [2.75, 3.05) is 12.5 Å². The number of carbonyl (C=O) groups excluding carboxylic acids is 2. The van der Waals surface area contributed by atoms with E-state index in [2.05, 4.69) is 15.6 Å². The van der Waals surface area contributed by atoms with Crippen LogP contribution in [0.5, 0.6) is 0 Å². The molecule has 0 bridgehead atoms. The molecule has 0 radical (unpaired) electrons. The number of ketones is 1. The van der Waals surface area contributed by atoms with Gasteiger partial charge in [0.1, 0.15) is 0 Å². The van der Waals surface area contributed by atoms with Crippen LogP contribution in [0.1, 0.15) is 17.3 Å². The van der Waals surface area contributed by atoms with Gasteiger partial charge in [-0.3, -0.25) is 10.2 Å². The monoisotopic (exact) mass is 242 g/mol. The van der Waals surface area contributed by atoms with Gasteiger partial charge in [0.15, 0.2) is 5.78 Å². The van der Waals surface area contributed by atoms with Gasteiger partial charge in [0, 0.05) is 5.56 Å². The molecule has 1 aromatic rings. The van der Waals surface area contributed by atoms with Crippen molar-refractivity contribution in [2.24, 2.45) is 0 Å². The number of Topliss-reactive ketones (excluding diaryl/α,β-unsaturated/α-hetero) is 1. The average molecular weight is 243 g/mol. The molecule has 0 saturated heterocycles. The molecule has 86 valence electrons. The molecular formula is C10H11ClN2O3. The van der Waals surface area contributed by atoms with Crippen molar-refractivity contribution in [1.29, 1.82) is 0 Å². The van der Waals surface area contributed by atoms with Crippen LogP contribution in [0.25, 0.3) is 0 Å². The lowest BCUT2D eigenvalue weighted by Gasteiger charge is -2.09. The topological polar surface area (TPSA) is 67.4 Å². The highest BCUT2D eigenvalue weighted by Gasteiger charge is 2.06. The maximum absolute atomic E-state index is 11.1. The highest BCUT2D eigenvalue weighted by molar-refractivity contribution is 6.33. The van der Waals surface area contributed by atoms with Crippen LogP contribution in [-0.2, 0) is 4.74 Å². The van der Waals surface area contributed by atoms with Crippen molar-refractivity contribution in [3.05, 3.63) is 28.8 Å². The van der Waals surface area contributed by atoms with Gasteiger partial charge >= 0.3 is 6.09 Å². The van der Waals surface area contributed by atoms with E-state index in [1.165, 1.54) is 14.0 Å². The number of methoxy groups -OCH3 is 1. The van der Waals surface area contributed by atoms with Gasteiger partial charge in [-0.05, 0) is 25.1 Å². The number of benzene rings is 1. The summed E-state index contributed by atoms with van der Waals surface area (Å²) in [5, 5.41) is 0.390. The van der Waals surface area contributed by atoms with Gasteiger partial charge in [0.2, 0.25) is 0 Å². The molecule has 0 spiro atoms. The Morgan fingerprint density at radius 3 is 2.62 bits per heavy atom. The summed E-state index contributed by atoms with van der Waals surface area (Å²) >= 11 is 5.86. The van der Waals surface area contributed by atoms with Gasteiger partial charge in [-0.15, -0.1) is 0 Å². The largest absolute Gasteiger partial charge is 0.452 e. The lowest BCUT2D eigenvalue weighted by Crippen LogP contribution is -2.29. The number of hydrogen-bond acceptors (Lipinski definition) is 4. The highest BCUT2D eigenvalue weighted by Crippen LogP contribution is 2.22. The van der Waals surface area contributed by atoms with Crippen molar-refractivity contribution >= 4 is 29.2 Å². The summed E-state index contributed by atoms with van der Waals surface area (Å²) in [7, 11) is 1.24. The number of nitrogens with one attached hydrogen (secondary N) is 2. The van der Waals surface area contributed by atoms with Crippen molar-refractivity contribution < 1.29 is 14.3 Å². The first-order chi connectivity index (χ1) is 7.54. The van der Waals surface area contributed by atoms with E-state index in [4.69, 9.17) is 11.6 Å². The van der Waals surface area contributed by atoms with Crippen LogP contribution in [0.2, 0.25) is 5.02 Å². The van der Waals surface area contributed by atoms with E-state index >= 15 is 0 Å². The third-order valence-corrected chi connectivity index (χ3v) is 2.19. The minimum absolute atomic E-state index is 0.0854. The molecule has 0 fully saturated rings. The molecule has 0 atom stereocenters. The Labute approximate surface area is 97.7 Å². The van der Waals surface area contributed by atoms with Crippen LogP contribution in [0, 0.1) is 0 Å². The molecule has 2 N–H and O–H groups in total. The number of halogens is 1. The first-order valence-electron chi connectivity index (χ1n) is 4.45. The van der Waals surface area contributed by atoms with Gasteiger partial charge < -0.3 is 4.74 Å². The second kappa shape index (κ2) is 5.37. The van der Waals surface area contributed by atoms with Gasteiger partial charge in [-0.25, -0.2) is 10.2 Å². The molecule has 5 nitrogen and oxygen atoms in total. The fourth-order valence-corrected chi connectivity index (χ4v) is 1.17. The summed E-state index contributed by atoms with van der Waals surface area (Å²) in [5.74, 6) is -0.0854. The van der Waals surface area contributed by atoms with Crippen LogP contribution in [0.4, 0.5) is 10.5 Å². The van der Waals surface area contributed by atoms with E-state index in [0.29, 0.717) is 16.3 Å². The van der Waals surface area contributed by atoms with Gasteiger partial charge in [-0.1, -0.05) is 11.6 Å². The number of rotatable bonds is 3. The lowest BCUT2D eigenvalue weighted by atomic mass is 10.1. The smallest absolute Gasteiger partial charge is 0.425 e. The van der Waals surface area contributed by atoms with Crippen molar-refractivity contribution in [3.8, 4) is 0 Å². The third kappa shape index (κ3) is 3.13. The van der Waals surface area contributed by atoms with Crippen LogP contribution in [0.3, 0.4) is 0 Å². The van der Waals surface area contributed by atoms with Gasteiger partial charge in [0.05, 0.1) is 17.8 Å². The molecular weight excluding hydrogens is 232 g/mol. The Balaban J connectivity index is 2.82. The molecule has 0 aromatic heterocycles. The summed E-state index contributed by atoms with van der Waals surface area (Å²) in [6.45, 7) is 1.45. The Bertz CT molecular complexity index is 421. The molecule has 1 aromatic carbocycles. The second-order valence-corrected chi connectivity index (χ2v) is 3.40. The number of amides is 1. The first-order valence-corrected chi connectivity index (χ1v) is 4.83. The van der Waals surface area contributed by atoms with Gasteiger partial charge in [-0.2, -0.15) is 0 Å². The van der Waals surface area contributed by atoms with E-state index in [1.807, 2.05) is 0 Å². The Morgan fingerprint density at radius 1 is 1.38 bits per heavy atom. The van der Waals surface area contributed by atoms with Crippen molar-refractivity contribution in [2.45, 2.75) is 6.92 Å². The first kappa shape index (κ1) is 12.3. The molecule has 0 aliphatic rings. The van der Waals surface area contributed by atoms with E-state index in [1.54, 1.807) is 18.2 Å². The van der Waals surface area contributed by atoms with E-state index < -0.39 is 6.09 Å². The molecule has 0 heterocycles. The number of hydrogen-bond donors (Lipinski definition) is 2. The number of carbonyl (C=O) groups is 2. The Kier molecular flexibility index (Phi) is 4.13. The standard InChI is InChI=1S/C10H11ClN2O3/c1-6(14)7-3-4-8(11)9(5-7)12-13-10(15)16-2/h3-5,12H,1-2H3,(H,13,15). The minimum Gasteiger partial charge on any atom is -0.452 e. The Morgan fingerprint density at radius 2 is 2.06 bits per heavy atom. The highest BCUT2D eigenvalue weighted by atomic mass is 35.5. The summed E-state index contributed by atoms with van der Waals surface area (Å²) in [5.41, 5.74) is 5.73. The van der Waals surface area contributed by atoms with Crippen molar-refractivity contribution in [3.63, 3.8) is 0 Å². The zero-order valence-electron chi connectivity index (χ0n) is 8.83. The van der Waals surface area contributed by atoms with Gasteiger partial charge in [0.25, 0.3) is 0 Å². The number of ether oxygens (including phenoxy) is 1. The predicted octanol–water partition coefficient (Wildman–Crippen LogP) is 2.23. The maximum atomic E-state index is 11.1. The Hall–Kier alpha value is -1.75. The minimum atomic E-state index is -0.649. The van der Waals surface area contributed by atoms with E-state index in [-0.39, 0.29) is 5.78 Å². The van der Waals surface area contributed by atoms with Crippen LogP contribution in [0.15, 0.2) is 18.2 Å². The average Bonchev–Trinajstić information content (AvgIpc) is 2.27. The summed E-state index contributed by atoms with van der Waals surface area (Å²) < 4.78 is 4.37. The predicted molar refractivity (Wildman–Crippen MR) is 60.6 cm³/mol. The maximum Gasteiger partial charge on any atom is 0.425 e. The molecule has 1 rings (SSSR count). The normalized spacial score (nSPS) is 9.44. The fourth-order valence-electron chi connectivity index (χ4n) is 1.01. The summed E-state index contributed by atoms with van der Waals surface area (Å²) in [6, 6.07) is 4.72. The third-order valence-electron chi connectivity index (χ3n) is 1.86. The van der Waals surface area contributed by atoms with Crippen LogP contribution < -0.4 is 10.9 Å². The number of hydrazine groups is 1.